The quantitative estimate of drug-likeness (QED) is 0.162. The number of hydrogen-bond donors (Lipinski definition) is 0. The predicted molar refractivity (Wildman–Crippen MR) is 237 cm³/mol. The number of aromatic nitrogens is 2. The highest BCUT2D eigenvalue weighted by molar-refractivity contribution is 6.12. The van der Waals surface area contributed by atoms with Crippen LogP contribution in [0.5, 0.6) is 0 Å². The topological polar surface area (TPSA) is 9.86 Å². The average Bonchev–Trinajstić information content (AvgIpc) is 3.79. The highest BCUT2D eigenvalue weighted by Crippen LogP contribution is 2.39. The Morgan fingerprint density at radius 2 is 0.571 bits per heavy atom. The first-order chi connectivity index (χ1) is 27.8. The van der Waals surface area contributed by atoms with Crippen molar-refractivity contribution in [2.24, 2.45) is 0 Å². The molecule has 2 aromatic heterocycles. The van der Waals surface area contributed by atoms with Crippen molar-refractivity contribution in [2.45, 2.75) is 0 Å². The molecule has 0 bridgehead atoms. The summed E-state index contributed by atoms with van der Waals surface area (Å²) in [4.78, 5) is 0. The number of hydrogen-bond acceptors (Lipinski definition) is 0. The maximum Gasteiger partial charge on any atom is 0.0541 e. The Bertz CT molecular complexity index is 3170. The van der Waals surface area contributed by atoms with Crippen LogP contribution in [0.25, 0.3) is 99.5 Å². The van der Waals surface area contributed by atoms with E-state index in [0.717, 1.165) is 5.69 Å². The molecule has 11 rings (SSSR count). The molecule has 0 fully saturated rings. The Kier molecular flexibility index (Phi) is 7.53. The lowest BCUT2D eigenvalue weighted by molar-refractivity contribution is 1.18. The molecule has 2 nitrogen and oxygen atoms in total. The van der Waals surface area contributed by atoms with Crippen LogP contribution in [-0.2, 0) is 0 Å². The smallest absolute Gasteiger partial charge is 0.0541 e. The van der Waals surface area contributed by atoms with Gasteiger partial charge in [0.15, 0.2) is 0 Å². The fourth-order valence-corrected chi connectivity index (χ4v) is 8.65. The number of benzene rings is 9. The summed E-state index contributed by atoms with van der Waals surface area (Å²) in [6, 6.07) is 79.4. The summed E-state index contributed by atoms with van der Waals surface area (Å²) in [5.41, 5.74) is 16.8. The Morgan fingerprint density at radius 1 is 0.196 bits per heavy atom. The molecule has 11 aromatic rings. The second kappa shape index (κ2) is 13.2. The van der Waals surface area contributed by atoms with Crippen molar-refractivity contribution in [2.75, 3.05) is 0 Å². The van der Waals surface area contributed by atoms with Crippen LogP contribution in [0.2, 0.25) is 0 Å². The van der Waals surface area contributed by atoms with Gasteiger partial charge in [-0.3, -0.25) is 0 Å². The summed E-state index contributed by atoms with van der Waals surface area (Å²) in [6.07, 6.45) is 0. The van der Waals surface area contributed by atoms with Gasteiger partial charge in [-0.25, -0.2) is 0 Å². The molecule has 2 heterocycles. The van der Waals surface area contributed by atoms with Crippen LogP contribution >= 0.6 is 0 Å². The maximum atomic E-state index is 2.42. The lowest BCUT2D eigenvalue weighted by Crippen LogP contribution is -1.94. The molecule has 9 aromatic carbocycles. The molecule has 0 aliphatic carbocycles. The third-order valence-electron chi connectivity index (χ3n) is 11.3. The number of rotatable bonds is 6. The molecule has 0 spiro atoms. The molecular weight excluding hydrogens is 677 g/mol. The monoisotopic (exact) mass is 712 g/mol. The first-order valence-electron chi connectivity index (χ1n) is 19.3. The normalized spacial score (nSPS) is 11.6. The Hall–Kier alpha value is -7.42. The van der Waals surface area contributed by atoms with Crippen molar-refractivity contribution in [3.05, 3.63) is 218 Å². The van der Waals surface area contributed by atoms with E-state index in [4.69, 9.17) is 0 Å². The summed E-state index contributed by atoms with van der Waals surface area (Å²) in [5.74, 6) is 0. The number of fused-ring (bicyclic) bond motifs is 6. The van der Waals surface area contributed by atoms with Crippen molar-refractivity contribution in [1.29, 1.82) is 0 Å². The SMILES string of the molecule is c1ccc(-c2cc(-c3ccccc3)cc(-c3cccc(-n4c5ccccc5c5cc(-c6ccc7c(c6)c6ccccc6n7-c6ccccc6)ccc54)c3)c2)cc1. The average molecular weight is 713 g/mol. The number of nitrogens with zero attached hydrogens (tertiary/aromatic N) is 2. The zero-order valence-electron chi connectivity index (χ0n) is 30.7. The van der Waals surface area contributed by atoms with Crippen molar-refractivity contribution >= 4 is 43.6 Å². The predicted octanol–water partition coefficient (Wildman–Crippen LogP) is 14.5. The van der Waals surface area contributed by atoms with Crippen LogP contribution in [0, 0.1) is 0 Å². The fourth-order valence-electron chi connectivity index (χ4n) is 8.65. The molecule has 56 heavy (non-hydrogen) atoms. The van der Waals surface area contributed by atoms with Gasteiger partial charge in [0.25, 0.3) is 0 Å². The molecule has 0 amide bonds. The molecular formula is C54H36N2. The van der Waals surface area contributed by atoms with Crippen LogP contribution in [-0.4, -0.2) is 9.13 Å². The van der Waals surface area contributed by atoms with E-state index in [-0.39, 0.29) is 0 Å². The Balaban J connectivity index is 1.05. The van der Waals surface area contributed by atoms with Gasteiger partial charge in [-0.1, -0.05) is 140 Å². The fraction of sp³-hybridized carbons (Fsp3) is 0. The molecule has 0 saturated heterocycles. The van der Waals surface area contributed by atoms with E-state index in [0.29, 0.717) is 0 Å². The summed E-state index contributed by atoms with van der Waals surface area (Å²) in [7, 11) is 0. The second-order valence-corrected chi connectivity index (χ2v) is 14.6. The van der Waals surface area contributed by atoms with Crippen LogP contribution in [0.3, 0.4) is 0 Å². The van der Waals surface area contributed by atoms with Crippen molar-refractivity contribution in [3.63, 3.8) is 0 Å². The zero-order valence-corrected chi connectivity index (χ0v) is 30.7. The van der Waals surface area contributed by atoms with Crippen molar-refractivity contribution < 1.29 is 0 Å². The highest BCUT2D eigenvalue weighted by Gasteiger charge is 2.17. The molecule has 0 atom stereocenters. The molecule has 0 saturated carbocycles. The van der Waals surface area contributed by atoms with E-state index >= 15 is 0 Å². The van der Waals surface area contributed by atoms with Crippen LogP contribution in [0.15, 0.2) is 218 Å². The van der Waals surface area contributed by atoms with Crippen molar-refractivity contribution in [1.82, 2.24) is 9.13 Å². The lowest BCUT2D eigenvalue weighted by atomic mass is 9.93. The van der Waals surface area contributed by atoms with Gasteiger partial charge < -0.3 is 9.13 Å². The summed E-state index contributed by atoms with van der Waals surface area (Å²) < 4.78 is 4.80. The van der Waals surface area contributed by atoms with Gasteiger partial charge in [0.1, 0.15) is 0 Å². The molecule has 262 valence electrons. The van der Waals surface area contributed by atoms with E-state index in [2.05, 4.69) is 228 Å². The third-order valence-corrected chi connectivity index (χ3v) is 11.3. The zero-order chi connectivity index (χ0) is 37.0. The molecule has 0 unspecified atom stereocenters. The molecule has 0 aliphatic rings. The third kappa shape index (κ3) is 5.34. The minimum absolute atomic E-state index is 1.14. The van der Waals surface area contributed by atoms with E-state index in [1.54, 1.807) is 0 Å². The summed E-state index contributed by atoms with van der Waals surface area (Å²) >= 11 is 0. The first-order valence-corrected chi connectivity index (χ1v) is 19.3. The van der Waals surface area contributed by atoms with Crippen LogP contribution in [0.4, 0.5) is 0 Å². The summed E-state index contributed by atoms with van der Waals surface area (Å²) in [6.45, 7) is 0. The van der Waals surface area contributed by atoms with Gasteiger partial charge in [0.05, 0.1) is 22.1 Å². The molecule has 0 N–H and O–H groups in total. The molecule has 0 aliphatic heterocycles. The highest BCUT2D eigenvalue weighted by atomic mass is 15.0. The summed E-state index contributed by atoms with van der Waals surface area (Å²) in [5, 5.41) is 5.01. The van der Waals surface area contributed by atoms with Crippen LogP contribution in [0.1, 0.15) is 0 Å². The maximum absolute atomic E-state index is 2.42. The van der Waals surface area contributed by atoms with Gasteiger partial charge in [-0.15, -0.1) is 0 Å². The number of para-hydroxylation sites is 3. The largest absolute Gasteiger partial charge is 0.309 e. The van der Waals surface area contributed by atoms with E-state index in [1.807, 2.05) is 0 Å². The Labute approximate surface area is 325 Å². The first kappa shape index (κ1) is 32.0. The standard InChI is InChI=1S/C54H36N2/c1-4-15-37(16-5-1)42-31-43(38-17-6-2-7-18-38)33-44(32-42)39-19-14-22-46(34-39)56-52-26-13-11-24-48(52)50-36-41(28-30-54(50)56)40-27-29-53-49(35-40)47-23-10-12-25-51(47)55(53)45-20-8-3-9-21-45/h1-36H. The van der Waals surface area contributed by atoms with Crippen LogP contribution < -0.4 is 0 Å². The minimum Gasteiger partial charge on any atom is -0.309 e. The lowest BCUT2D eigenvalue weighted by Gasteiger charge is -2.14. The van der Waals surface area contributed by atoms with Gasteiger partial charge in [-0.2, -0.15) is 0 Å². The second-order valence-electron chi connectivity index (χ2n) is 14.6. The van der Waals surface area contributed by atoms with E-state index in [9.17, 15) is 0 Å². The minimum atomic E-state index is 1.14. The van der Waals surface area contributed by atoms with E-state index in [1.165, 1.54) is 93.8 Å². The van der Waals surface area contributed by atoms with Gasteiger partial charge in [0.2, 0.25) is 0 Å². The van der Waals surface area contributed by atoms with Gasteiger partial charge in [-0.05, 0) is 123 Å². The van der Waals surface area contributed by atoms with E-state index < -0.39 is 0 Å². The Morgan fingerprint density at radius 3 is 1.11 bits per heavy atom. The van der Waals surface area contributed by atoms with Gasteiger partial charge in [0, 0.05) is 32.9 Å². The van der Waals surface area contributed by atoms with Gasteiger partial charge >= 0.3 is 0 Å². The van der Waals surface area contributed by atoms with Crippen molar-refractivity contribution in [3.8, 4) is 55.9 Å². The molecule has 2 heteroatoms. The molecule has 0 radical (unpaired) electrons.